The van der Waals surface area contributed by atoms with Gasteiger partial charge in [0.15, 0.2) is 6.61 Å². The Balaban J connectivity index is 1.63. The summed E-state index contributed by atoms with van der Waals surface area (Å²) in [7, 11) is 0. The smallest absolute Gasteiger partial charge is 0.266 e. The number of anilines is 1. The third kappa shape index (κ3) is 5.09. The number of thiocarbonyl (C=S) groups is 1. The van der Waals surface area contributed by atoms with Gasteiger partial charge in [-0.2, -0.15) is 0 Å². The minimum Gasteiger partial charge on any atom is -0.484 e. The molecule has 28 heavy (non-hydrogen) atoms. The van der Waals surface area contributed by atoms with Gasteiger partial charge >= 0.3 is 0 Å². The molecule has 0 radical (unpaired) electrons. The Morgan fingerprint density at radius 1 is 1.21 bits per heavy atom. The van der Waals surface area contributed by atoms with Crippen LogP contribution in [0.1, 0.15) is 5.56 Å². The van der Waals surface area contributed by atoms with Gasteiger partial charge in [0.05, 0.1) is 4.91 Å². The highest BCUT2D eigenvalue weighted by atomic mass is 32.2. The third-order valence-electron chi connectivity index (χ3n) is 3.77. The van der Waals surface area contributed by atoms with E-state index in [0.717, 1.165) is 5.56 Å². The number of benzene rings is 2. The minimum absolute atomic E-state index is 0.111. The van der Waals surface area contributed by atoms with Crippen LogP contribution in [-0.4, -0.2) is 34.2 Å². The predicted octanol–water partition coefficient (Wildman–Crippen LogP) is 4.09. The molecule has 3 rings (SSSR count). The highest BCUT2D eigenvalue weighted by Crippen LogP contribution is 2.32. The van der Waals surface area contributed by atoms with Crippen LogP contribution in [0, 0.1) is 0 Å². The zero-order valence-corrected chi connectivity index (χ0v) is 16.6. The quantitative estimate of drug-likeness (QED) is 0.423. The van der Waals surface area contributed by atoms with Crippen LogP contribution in [0.4, 0.5) is 5.69 Å². The second-order valence-electron chi connectivity index (χ2n) is 5.86. The van der Waals surface area contributed by atoms with Crippen molar-refractivity contribution in [2.24, 2.45) is 0 Å². The Morgan fingerprint density at radius 2 is 2.00 bits per heavy atom. The van der Waals surface area contributed by atoms with Gasteiger partial charge < -0.3 is 10.1 Å². The fraction of sp³-hybridized carbons (Fsp3) is 0.0952. The zero-order chi connectivity index (χ0) is 19.9. The number of nitrogens with one attached hydrogen (secondary N) is 1. The number of hydrogen-bond acceptors (Lipinski definition) is 5. The average Bonchev–Trinajstić information content (AvgIpc) is 2.95. The molecular formula is C21H18N2O3S2. The lowest BCUT2D eigenvalue weighted by Gasteiger charge is -2.10. The monoisotopic (exact) mass is 410 g/mol. The second-order valence-corrected chi connectivity index (χ2v) is 7.53. The van der Waals surface area contributed by atoms with Gasteiger partial charge in [-0.25, -0.2) is 0 Å². The molecule has 0 aromatic heterocycles. The van der Waals surface area contributed by atoms with Crippen LogP contribution in [-0.2, 0) is 9.59 Å². The van der Waals surface area contributed by atoms with Gasteiger partial charge in [-0.3, -0.25) is 14.5 Å². The van der Waals surface area contributed by atoms with E-state index in [4.69, 9.17) is 17.0 Å². The maximum atomic E-state index is 12.4. The van der Waals surface area contributed by atoms with E-state index in [9.17, 15) is 9.59 Å². The first kappa shape index (κ1) is 19.9. The minimum atomic E-state index is -0.248. The van der Waals surface area contributed by atoms with Crippen molar-refractivity contribution in [2.75, 3.05) is 18.5 Å². The second kappa shape index (κ2) is 9.34. The fourth-order valence-electron chi connectivity index (χ4n) is 2.50. The summed E-state index contributed by atoms with van der Waals surface area (Å²) in [6, 6.07) is 16.4. The summed E-state index contributed by atoms with van der Waals surface area (Å²) in [6.45, 7) is 3.92. The molecule has 7 heteroatoms. The fourth-order valence-corrected chi connectivity index (χ4v) is 3.77. The van der Waals surface area contributed by atoms with Gasteiger partial charge in [-0.1, -0.05) is 60.4 Å². The lowest BCUT2D eigenvalue weighted by molar-refractivity contribution is -0.121. The summed E-state index contributed by atoms with van der Waals surface area (Å²) >= 11 is 6.49. The van der Waals surface area contributed by atoms with Gasteiger partial charge in [-0.05, 0) is 35.9 Å². The molecule has 0 saturated carbocycles. The van der Waals surface area contributed by atoms with Crippen molar-refractivity contribution in [1.82, 2.24) is 4.90 Å². The zero-order valence-electron chi connectivity index (χ0n) is 15.0. The summed E-state index contributed by atoms with van der Waals surface area (Å²) in [5.41, 5.74) is 1.51. The molecule has 0 bridgehead atoms. The molecule has 0 atom stereocenters. The van der Waals surface area contributed by atoms with Gasteiger partial charge in [0, 0.05) is 12.2 Å². The van der Waals surface area contributed by atoms with Crippen LogP contribution in [0.2, 0.25) is 0 Å². The molecular weight excluding hydrogens is 392 g/mol. The number of amides is 2. The molecule has 0 aliphatic carbocycles. The summed E-state index contributed by atoms with van der Waals surface area (Å²) < 4.78 is 6.09. The molecule has 1 N–H and O–H groups in total. The number of rotatable bonds is 7. The topological polar surface area (TPSA) is 58.6 Å². The third-order valence-corrected chi connectivity index (χ3v) is 5.15. The van der Waals surface area contributed by atoms with Crippen LogP contribution in [0.3, 0.4) is 0 Å². The Labute approximate surface area is 173 Å². The molecule has 1 aliphatic heterocycles. The Hall–Kier alpha value is -2.90. The SMILES string of the molecule is C=CCN1C(=O)/C(=C/c2cccc(OCC(=O)Nc3ccccc3)c2)SC1=S. The van der Waals surface area contributed by atoms with Gasteiger partial charge in [0.2, 0.25) is 0 Å². The van der Waals surface area contributed by atoms with Crippen molar-refractivity contribution in [3.8, 4) is 5.75 Å². The molecule has 0 spiro atoms. The maximum Gasteiger partial charge on any atom is 0.266 e. The molecule has 2 aromatic rings. The molecule has 2 amide bonds. The first-order valence-electron chi connectivity index (χ1n) is 8.51. The maximum absolute atomic E-state index is 12.4. The van der Waals surface area contributed by atoms with Gasteiger partial charge in [0.25, 0.3) is 11.8 Å². The highest BCUT2D eigenvalue weighted by molar-refractivity contribution is 8.26. The normalized spacial score (nSPS) is 15.0. The number of nitrogens with zero attached hydrogens (tertiary/aromatic N) is 1. The number of hydrogen-bond donors (Lipinski definition) is 1. The molecule has 1 heterocycles. The van der Waals surface area contributed by atoms with Crippen LogP contribution < -0.4 is 10.1 Å². The van der Waals surface area contributed by atoms with E-state index in [0.29, 0.717) is 27.2 Å². The number of carbonyl (C=O) groups is 2. The summed E-state index contributed by atoms with van der Waals surface area (Å²) in [5, 5.41) is 2.76. The first-order valence-corrected chi connectivity index (χ1v) is 9.73. The van der Waals surface area contributed by atoms with Crippen molar-refractivity contribution in [3.05, 3.63) is 77.7 Å². The molecule has 142 valence electrons. The summed E-state index contributed by atoms with van der Waals surface area (Å²) in [5.74, 6) is 0.156. The van der Waals surface area contributed by atoms with Crippen LogP contribution in [0.25, 0.3) is 6.08 Å². The Kier molecular flexibility index (Phi) is 6.62. The number of ether oxygens (including phenoxy) is 1. The lowest BCUT2D eigenvalue weighted by atomic mass is 10.2. The van der Waals surface area contributed by atoms with Crippen molar-refractivity contribution < 1.29 is 14.3 Å². The standard InChI is InChI=1S/C21H18N2O3S2/c1-2-11-23-20(25)18(28-21(23)27)13-15-7-6-10-17(12-15)26-14-19(24)22-16-8-4-3-5-9-16/h2-10,12-13H,1,11,14H2,(H,22,24)/b18-13-. The van der Waals surface area contributed by atoms with Crippen molar-refractivity contribution in [1.29, 1.82) is 0 Å². The van der Waals surface area contributed by atoms with E-state index in [-0.39, 0.29) is 18.4 Å². The van der Waals surface area contributed by atoms with Gasteiger partial charge in [-0.15, -0.1) is 6.58 Å². The van der Waals surface area contributed by atoms with E-state index < -0.39 is 0 Å². The number of carbonyl (C=O) groups excluding carboxylic acids is 2. The van der Waals surface area contributed by atoms with Gasteiger partial charge in [0.1, 0.15) is 10.1 Å². The molecule has 1 aliphatic rings. The van der Waals surface area contributed by atoms with Crippen LogP contribution >= 0.6 is 24.0 Å². The van der Waals surface area contributed by atoms with Crippen molar-refractivity contribution in [2.45, 2.75) is 0 Å². The number of para-hydroxylation sites is 1. The summed E-state index contributed by atoms with van der Waals surface area (Å²) in [4.78, 5) is 26.5. The van der Waals surface area contributed by atoms with E-state index in [1.54, 1.807) is 42.5 Å². The molecule has 0 unspecified atom stereocenters. The van der Waals surface area contributed by atoms with Crippen molar-refractivity contribution in [3.63, 3.8) is 0 Å². The lowest BCUT2D eigenvalue weighted by Crippen LogP contribution is -2.27. The summed E-state index contributed by atoms with van der Waals surface area (Å²) in [6.07, 6.45) is 3.40. The molecule has 5 nitrogen and oxygen atoms in total. The molecule has 1 saturated heterocycles. The van der Waals surface area contributed by atoms with E-state index in [2.05, 4.69) is 11.9 Å². The van der Waals surface area contributed by atoms with E-state index in [1.165, 1.54) is 16.7 Å². The van der Waals surface area contributed by atoms with E-state index >= 15 is 0 Å². The largest absolute Gasteiger partial charge is 0.484 e. The average molecular weight is 411 g/mol. The predicted molar refractivity (Wildman–Crippen MR) is 117 cm³/mol. The Bertz CT molecular complexity index is 942. The number of thioether (sulfide) groups is 1. The van der Waals surface area contributed by atoms with Crippen LogP contribution in [0.5, 0.6) is 5.75 Å². The Morgan fingerprint density at radius 3 is 2.75 bits per heavy atom. The van der Waals surface area contributed by atoms with E-state index in [1.807, 2.05) is 24.3 Å². The molecule has 1 fully saturated rings. The van der Waals surface area contributed by atoms with Crippen molar-refractivity contribution >= 4 is 51.9 Å². The molecule has 2 aromatic carbocycles. The van der Waals surface area contributed by atoms with Crippen LogP contribution in [0.15, 0.2) is 72.2 Å². The first-order chi connectivity index (χ1) is 13.6. The highest BCUT2D eigenvalue weighted by Gasteiger charge is 2.30.